The van der Waals surface area contributed by atoms with Crippen molar-refractivity contribution in [3.8, 4) is 0 Å². The van der Waals surface area contributed by atoms with E-state index in [4.69, 9.17) is 10.8 Å². The van der Waals surface area contributed by atoms with E-state index in [-0.39, 0.29) is 6.61 Å². The van der Waals surface area contributed by atoms with E-state index in [0.29, 0.717) is 19.1 Å². The maximum Gasteiger partial charge on any atom is 0.0556 e. The van der Waals surface area contributed by atoms with Gasteiger partial charge in [-0.1, -0.05) is 13.3 Å². The number of nitrogens with one attached hydrogen (secondary N) is 1. The van der Waals surface area contributed by atoms with Crippen molar-refractivity contribution >= 4 is 0 Å². The molecule has 10 heavy (non-hydrogen) atoms. The second-order valence-electron chi connectivity index (χ2n) is 2.40. The molecule has 1 atom stereocenters. The molecule has 0 bridgehead atoms. The van der Waals surface area contributed by atoms with Crippen LogP contribution >= 0.6 is 0 Å². The third-order valence-electron chi connectivity index (χ3n) is 1.47. The lowest BCUT2D eigenvalue weighted by atomic mass is 10.2. The van der Waals surface area contributed by atoms with Gasteiger partial charge in [0.05, 0.1) is 6.61 Å². The van der Waals surface area contributed by atoms with E-state index in [2.05, 4.69) is 12.2 Å². The average molecular weight is 146 g/mol. The van der Waals surface area contributed by atoms with E-state index in [9.17, 15) is 0 Å². The van der Waals surface area contributed by atoms with Crippen LogP contribution in [0, 0.1) is 0 Å². The van der Waals surface area contributed by atoms with Crippen LogP contribution in [0.2, 0.25) is 0 Å². The number of nitrogens with two attached hydrogens (primary N) is 1. The van der Waals surface area contributed by atoms with Crippen molar-refractivity contribution in [1.82, 2.24) is 5.32 Å². The number of hydrogen-bond donors (Lipinski definition) is 3. The van der Waals surface area contributed by atoms with Gasteiger partial charge in [-0.05, 0) is 6.42 Å². The summed E-state index contributed by atoms with van der Waals surface area (Å²) in [5, 5.41) is 11.6. The second kappa shape index (κ2) is 6.99. The summed E-state index contributed by atoms with van der Waals surface area (Å²) in [5.74, 6) is 0. The number of rotatable bonds is 6. The Hall–Kier alpha value is -0.120. The van der Waals surface area contributed by atoms with Crippen LogP contribution in [0.1, 0.15) is 19.8 Å². The molecule has 0 aliphatic carbocycles. The molecule has 4 N–H and O–H groups in total. The molecule has 0 radical (unpaired) electrons. The van der Waals surface area contributed by atoms with Crippen molar-refractivity contribution in [3.05, 3.63) is 0 Å². The maximum atomic E-state index is 8.48. The molecule has 0 saturated heterocycles. The Labute approximate surface area is 62.6 Å². The summed E-state index contributed by atoms with van der Waals surface area (Å²) in [6.07, 6.45) is 2.23. The lowest BCUT2D eigenvalue weighted by Crippen LogP contribution is -2.37. The van der Waals surface area contributed by atoms with Gasteiger partial charge in [0.1, 0.15) is 0 Å². The van der Waals surface area contributed by atoms with Gasteiger partial charge in [0.2, 0.25) is 0 Å². The van der Waals surface area contributed by atoms with Gasteiger partial charge in [0.15, 0.2) is 0 Å². The maximum absolute atomic E-state index is 8.48. The van der Waals surface area contributed by atoms with Crippen LogP contribution in [0.15, 0.2) is 0 Å². The minimum absolute atomic E-state index is 0.195. The number of aliphatic hydroxyl groups excluding tert-OH is 1. The summed E-state index contributed by atoms with van der Waals surface area (Å²) in [7, 11) is 0. The molecule has 1 unspecified atom stereocenters. The molecular formula is C7H18N2O. The fourth-order valence-corrected chi connectivity index (χ4v) is 0.920. The highest BCUT2D eigenvalue weighted by atomic mass is 16.3. The predicted molar refractivity (Wildman–Crippen MR) is 42.8 cm³/mol. The average Bonchev–Trinajstić information content (AvgIpc) is 1.98. The highest BCUT2D eigenvalue weighted by molar-refractivity contribution is 4.65. The van der Waals surface area contributed by atoms with Crippen LogP contribution in [0.5, 0.6) is 0 Å². The van der Waals surface area contributed by atoms with Crippen molar-refractivity contribution in [2.45, 2.75) is 25.8 Å². The summed E-state index contributed by atoms with van der Waals surface area (Å²) in [4.78, 5) is 0. The van der Waals surface area contributed by atoms with Crippen LogP contribution in [-0.4, -0.2) is 30.8 Å². The molecule has 0 fully saturated rings. The Balaban J connectivity index is 3.21. The molecule has 3 heteroatoms. The first-order chi connectivity index (χ1) is 4.85. The molecule has 0 aromatic heterocycles. The zero-order chi connectivity index (χ0) is 7.82. The van der Waals surface area contributed by atoms with E-state index >= 15 is 0 Å². The van der Waals surface area contributed by atoms with Gasteiger partial charge in [-0.2, -0.15) is 0 Å². The summed E-state index contributed by atoms with van der Waals surface area (Å²) >= 11 is 0. The molecule has 0 aromatic carbocycles. The molecular weight excluding hydrogens is 128 g/mol. The standard InChI is InChI=1S/C7H18N2O/c1-2-3-7(6-8)9-4-5-10/h7,9-10H,2-6,8H2,1H3. The van der Waals surface area contributed by atoms with E-state index in [1.54, 1.807) is 0 Å². The molecule has 62 valence electrons. The predicted octanol–water partition coefficient (Wildman–Crippen LogP) is -0.304. The van der Waals surface area contributed by atoms with E-state index in [1.807, 2.05) is 0 Å². The van der Waals surface area contributed by atoms with Crippen LogP contribution in [0.25, 0.3) is 0 Å². The number of aliphatic hydroxyl groups is 1. The van der Waals surface area contributed by atoms with Gasteiger partial charge in [-0.3, -0.25) is 0 Å². The Morgan fingerprint density at radius 1 is 1.60 bits per heavy atom. The second-order valence-corrected chi connectivity index (χ2v) is 2.40. The molecule has 0 heterocycles. The van der Waals surface area contributed by atoms with Crippen LogP contribution in [0.3, 0.4) is 0 Å². The van der Waals surface area contributed by atoms with E-state index in [0.717, 1.165) is 12.8 Å². The monoisotopic (exact) mass is 146 g/mol. The van der Waals surface area contributed by atoms with Crippen LogP contribution in [0.4, 0.5) is 0 Å². The van der Waals surface area contributed by atoms with Gasteiger partial charge in [0, 0.05) is 19.1 Å². The SMILES string of the molecule is CCCC(CN)NCCO. The minimum Gasteiger partial charge on any atom is -0.395 e. The first-order valence-corrected chi connectivity index (χ1v) is 3.89. The quantitative estimate of drug-likeness (QED) is 0.482. The molecule has 0 aliphatic heterocycles. The van der Waals surface area contributed by atoms with Crippen molar-refractivity contribution in [3.63, 3.8) is 0 Å². The number of hydrogen-bond acceptors (Lipinski definition) is 3. The van der Waals surface area contributed by atoms with Crippen molar-refractivity contribution in [2.75, 3.05) is 19.7 Å². The lowest BCUT2D eigenvalue weighted by molar-refractivity contribution is 0.282. The van der Waals surface area contributed by atoms with Crippen molar-refractivity contribution in [2.24, 2.45) is 5.73 Å². The van der Waals surface area contributed by atoms with Crippen LogP contribution in [-0.2, 0) is 0 Å². The Morgan fingerprint density at radius 3 is 2.70 bits per heavy atom. The molecule has 0 aliphatic rings. The highest BCUT2D eigenvalue weighted by Crippen LogP contribution is 1.92. The van der Waals surface area contributed by atoms with E-state index in [1.165, 1.54) is 0 Å². The Kier molecular flexibility index (Phi) is 6.91. The zero-order valence-corrected chi connectivity index (χ0v) is 6.64. The summed E-state index contributed by atoms with van der Waals surface area (Å²) in [6, 6.07) is 0.386. The lowest BCUT2D eigenvalue weighted by Gasteiger charge is -2.14. The molecule has 3 nitrogen and oxygen atoms in total. The normalized spacial score (nSPS) is 13.5. The topological polar surface area (TPSA) is 58.3 Å². The van der Waals surface area contributed by atoms with Gasteiger partial charge < -0.3 is 16.2 Å². The summed E-state index contributed by atoms with van der Waals surface area (Å²) < 4.78 is 0. The Morgan fingerprint density at radius 2 is 2.30 bits per heavy atom. The van der Waals surface area contributed by atoms with Gasteiger partial charge in [0.25, 0.3) is 0 Å². The molecule has 0 aromatic rings. The third kappa shape index (κ3) is 4.73. The third-order valence-corrected chi connectivity index (χ3v) is 1.47. The zero-order valence-electron chi connectivity index (χ0n) is 6.64. The first kappa shape index (κ1) is 9.88. The smallest absolute Gasteiger partial charge is 0.0556 e. The van der Waals surface area contributed by atoms with E-state index < -0.39 is 0 Å². The first-order valence-electron chi connectivity index (χ1n) is 3.89. The fourth-order valence-electron chi connectivity index (χ4n) is 0.920. The molecule has 0 rings (SSSR count). The van der Waals surface area contributed by atoms with Crippen molar-refractivity contribution < 1.29 is 5.11 Å². The largest absolute Gasteiger partial charge is 0.395 e. The Bertz CT molecular complexity index is 68.6. The van der Waals surface area contributed by atoms with Crippen molar-refractivity contribution in [1.29, 1.82) is 0 Å². The summed E-state index contributed by atoms with van der Waals surface area (Å²) in [6.45, 7) is 3.64. The van der Waals surface area contributed by atoms with Gasteiger partial charge in [-0.15, -0.1) is 0 Å². The fraction of sp³-hybridized carbons (Fsp3) is 1.00. The molecule has 0 amide bonds. The highest BCUT2D eigenvalue weighted by Gasteiger charge is 2.01. The van der Waals surface area contributed by atoms with Crippen LogP contribution < -0.4 is 11.1 Å². The molecule has 0 spiro atoms. The van der Waals surface area contributed by atoms with Gasteiger partial charge >= 0.3 is 0 Å². The minimum atomic E-state index is 0.195. The van der Waals surface area contributed by atoms with Gasteiger partial charge in [-0.25, -0.2) is 0 Å². The summed E-state index contributed by atoms with van der Waals surface area (Å²) in [5.41, 5.74) is 5.46. The molecule has 0 saturated carbocycles.